The highest BCUT2D eigenvalue weighted by atomic mass is 16.5. The number of hydrogen-bond acceptors (Lipinski definition) is 5. The van der Waals surface area contributed by atoms with Gasteiger partial charge in [-0.3, -0.25) is 9.59 Å². The zero-order valence-corrected chi connectivity index (χ0v) is 50.5. The molecule has 0 fully saturated rings. The van der Waals surface area contributed by atoms with Crippen molar-refractivity contribution in [1.29, 1.82) is 0 Å². The van der Waals surface area contributed by atoms with Crippen LogP contribution in [0.1, 0.15) is 367 Å². The van der Waals surface area contributed by atoms with E-state index < -0.39 is 12.1 Å². The largest absolute Gasteiger partial charge is 0.466 e. The highest BCUT2D eigenvalue weighted by Gasteiger charge is 2.20. The van der Waals surface area contributed by atoms with Gasteiger partial charge in [-0.15, -0.1) is 0 Å². The molecular weight excluding hydrogens is 923 g/mol. The Balaban J connectivity index is 3.37. The molecule has 0 aliphatic heterocycles. The van der Waals surface area contributed by atoms with Crippen molar-refractivity contribution in [2.24, 2.45) is 0 Å². The molecule has 6 heteroatoms. The molecule has 1 amide bonds. The molecule has 0 aliphatic rings. The fourth-order valence-electron chi connectivity index (χ4n) is 10.5. The normalized spacial score (nSPS) is 12.7. The molecule has 0 aromatic rings. The van der Waals surface area contributed by atoms with E-state index in [-0.39, 0.29) is 18.5 Å². The second kappa shape index (κ2) is 64.6. The quantitative estimate of drug-likeness (QED) is 0.0320. The minimum absolute atomic E-state index is 0.00498. The molecule has 0 aromatic heterocycles. The Labute approximate surface area is 468 Å². The Bertz CT molecular complexity index is 1210. The number of aliphatic hydroxyl groups is 2. The molecule has 0 radical (unpaired) electrons. The summed E-state index contributed by atoms with van der Waals surface area (Å²) >= 11 is 0. The SMILES string of the molecule is CCCCCC/C=C\CCCCCCCC(=O)OCCCCCCCCCCC/C=C\C/C=C\CCCCCCCCCCCCCCCCCCCC(=O)NC(CO)C(O)CCCCCCCCCCCCCC. The lowest BCUT2D eigenvalue weighted by atomic mass is 10.0. The first-order valence-electron chi connectivity index (χ1n) is 33.7. The number of esters is 1. The van der Waals surface area contributed by atoms with Crippen LogP contribution in [0.2, 0.25) is 0 Å². The molecule has 0 heterocycles. The maximum atomic E-state index is 12.5. The summed E-state index contributed by atoms with van der Waals surface area (Å²) in [6, 6.07) is -0.539. The van der Waals surface area contributed by atoms with Gasteiger partial charge in [-0.1, -0.05) is 307 Å². The van der Waals surface area contributed by atoms with Crippen molar-refractivity contribution in [3.63, 3.8) is 0 Å². The van der Waals surface area contributed by atoms with Gasteiger partial charge in [0.2, 0.25) is 5.91 Å². The Morgan fingerprint density at radius 3 is 1.04 bits per heavy atom. The van der Waals surface area contributed by atoms with Crippen LogP contribution in [0.3, 0.4) is 0 Å². The fraction of sp³-hybridized carbons (Fsp3) is 0.884. The smallest absolute Gasteiger partial charge is 0.305 e. The minimum atomic E-state index is -0.662. The average Bonchev–Trinajstić information content (AvgIpc) is 3.41. The van der Waals surface area contributed by atoms with Crippen molar-refractivity contribution >= 4 is 11.9 Å². The Morgan fingerprint density at radius 2 is 0.667 bits per heavy atom. The highest BCUT2D eigenvalue weighted by molar-refractivity contribution is 5.76. The Morgan fingerprint density at radius 1 is 0.373 bits per heavy atom. The van der Waals surface area contributed by atoms with Crippen molar-refractivity contribution in [3.05, 3.63) is 36.5 Å². The van der Waals surface area contributed by atoms with Crippen LogP contribution in [0.4, 0.5) is 0 Å². The molecule has 6 nitrogen and oxygen atoms in total. The lowest BCUT2D eigenvalue weighted by Crippen LogP contribution is -2.45. The monoisotopic (exact) mass is 1050 g/mol. The maximum Gasteiger partial charge on any atom is 0.305 e. The van der Waals surface area contributed by atoms with Crippen LogP contribution >= 0.6 is 0 Å². The summed E-state index contributed by atoms with van der Waals surface area (Å²) in [5, 5.41) is 23.2. The molecule has 0 saturated carbocycles. The number of amides is 1. The number of hydrogen-bond donors (Lipinski definition) is 3. The van der Waals surface area contributed by atoms with E-state index in [1.54, 1.807) is 0 Å². The Kier molecular flexibility index (Phi) is 63.0. The average molecular weight is 1050 g/mol. The van der Waals surface area contributed by atoms with Crippen LogP contribution in [-0.4, -0.2) is 47.4 Å². The number of rotatable bonds is 63. The van der Waals surface area contributed by atoms with Gasteiger partial charge in [0.05, 0.1) is 25.4 Å². The number of nitrogens with one attached hydrogen (secondary N) is 1. The molecule has 0 spiro atoms. The lowest BCUT2D eigenvalue weighted by Gasteiger charge is -2.22. The van der Waals surface area contributed by atoms with E-state index in [1.165, 1.54) is 283 Å². The molecular formula is C69H131NO5. The second-order valence-corrected chi connectivity index (χ2v) is 23.1. The fourth-order valence-corrected chi connectivity index (χ4v) is 10.5. The van der Waals surface area contributed by atoms with E-state index in [0.29, 0.717) is 25.9 Å². The van der Waals surface area contributed by atoms with Gasteiger partial charge in [-0.25, -0.2) is 0 Å². The van der Waals surface area contributed by atoms with Gasteiger partial charge in [0, 0.05) is 12.8 Å². The van der Waals surface area contributed by atoms with Crippen molar-refractivity contribution in [2.45, 2.75) is 379 Å². The zero-order valence-electron chi connectivity index (χ0n) is 50.5. The van der Waals surface area contributed by atoms with Crippen LogP contribution in [0.15, 0.2) is 36.5 Å². The zero-order chi connectivity index (χ0) is 54.3. The van der Waals surface area contributed by atoms with Gasteiger partial charge in [0.1, 0.15) is 0 Å². The first kappa shape index (κ1) is 73.1. The number of unbranched alkanes of at least 4 members (excludes halogenated alkanes) is 46. The van der Waals surface area contributed by atoms with Crippen LogP contribution in [0, 0.1) is 0 Å². The molecule has 3 N–H and O–H groups in total. The summed E-state index contributed by atoms with van der Waals surface area (Å²) in [6.07, 6.45) is 81.9. The molecule has 442 valence electrons. The topological polar surface area (TPSA) is 95.9 Å². The van der Waals surface area contributed by atoms with Crippen LogP contribution < -0.4 is 5.32 Å². The van der Waals surface area contributed by atoms with E-state index in [2.05, 4.69) is 55.6 Å². The van der Waals surface area contributed by atoms with Crippen molar-refractivity contribution < 1.29 is 24.5 Å². The van der Waals surface area contributed by atoms with E-state index in [9.17, 15) is 19.8 Å². The van der Waals surface area contributed by atoms with Crippen molar-refractivity contribution in [2.75, 3.05) is 13.2 Å². The van der Waals surface area contributed by atoms with Crippen LogP contribution in [0.5, 0.6) is 0 Å². The Hall–Kier alpha value is -1.92. The number of carbonyl (C=O) groups excluding carboxylic acids is 2. The van der Waals surface area contributed by atoms with Crippen molar-refractivity contribution in [1.82, 2.24) is 5.32 Å². The molecule has 2 unspecified atom stereocenters. The third-order valence-electron chi connectivity index (χ3n) is 15.7. The third kappa shape index (κ3) is 61.2. The van der Waals surface area contributed by atoms with E-state index in [4.69, 9.17) is 4.74 Å². The van der Waals surface area contributed by atoms with Gasteiger partial charge >= 0.3 is 5.97 Å². The van der Waals surface area contributed by atoms with Gasteiger partial charge in [-0.2, -0.15) is 0 Å². The standard InChI is InChI=1S/C69H131NO5/c1-3-5-7-9-11-13-15-38-43-47-51-55-59-63-69(74)75-64-60-56-52-48-44-40-37-35-33-31-29-27-25-23-21-19-17-18-20-22-24-26-28-30-32-34-36-39-42-46-50-54-58-62-68(73)70-66(65-71)67(72)61-57-53-49-45-41-16-14-12-10-8-6-4-2/h13,15,21,23,27,29,66-67,71-72H,3-12,14,16-20,22,24-26,28,30-65H2,1-2H3,(H,70,73)/b15-13-,23-21-,29-27-. The van der Waals surface area contributed by atoms with Gasteiger partial charge in [0.15, 0.2) is 0 Å². The molecule has 0 aliphatic carbocycles. The molecule has 2 atom stereocenters. The third-order valence-corrected chi connectivity index (χ3v) is 15.7. The van der Waals surface area contributed by atoms with Gasteiger partial charge < -0.3 is 20.3 Å². The van der Waals surface area contributed by atoms with Gasteiger partial charge in [0.25, 0.3) is 0 Å². The predicted octanol–water partition coefficient (Wildman–Crippen LogP) is 21.5. The minimum Gasteiger partial charge on any atom is -0.466 e. The van der Waals surface area contributed by atoms with Gasteiger partial charge in [-0.05, 0) is 83.5 Å². The number of allylic oxidation sites excluding steroid dienone is 6. The van der Waals surface area contributed by atoms with Crippen LogP contribution in [0.25, 0.3) is 0 Å². The van der Waals surface area contributed by atoms with Crippen molar-refractivity contribution in [3.8, 4) is 0 Å². The number of ether oxygens (including phenoxy) is 1. The molecule has 75 heavy (non-hydrogen) atoms. The lowest BCUT2D eigenvalue weighted by molar-refractivity contribution is -0.143. The molecule has 0 bridgehead atoms. The second-order valence-electron chi connectivity index (χ2n) is 23.1. The first-order valence-corrected chi connectivity index (χ1v) is 33.7. The maximum absolute atomic E-state index is 12.5. The summed E-state index contributed by atoms with van der Waals surface area (Å²) in [4.78, 5) is 24.5. The summed E-state index contributed by atoms with van der Waals surface area (Å²) in [6.45, 7) is 4.94. The number of aliphatic hydroxyl groups excluding tert-OH is 2. The summed E-state index contributed by atoms with van der Waals surface area (Å²) in [7, 11) is 0. The first-order chi connectivity index (χ1) is 37.0. The van der Waals surface area contributed by atoms with E-state index >= 15 is 0 Å². The highest BCUT2D eigenvalue weighted by Crippen LogP contribution is 2.18. The molecule has 0 rings (SSSR count). The molecule has 0 aromatic carbocycles. The summed E-state index contributed by atoms with van der Waals surface area (Å²) < 4.78 is 5.47. The van der Waals surface area contributed by atoms with E-state index in [0.717, 1.165) is 51.4 Å². The van der Waals surface area contributed by atoms with Crippen LogP contribution in [-0.2, 0) is 14.3 Å². The molecule has 0 saturated heterocycles. The predicted molar refractivity (Wildman–Crippen MR) is 329 cm³/mol. The summed E-state index contributed by atoms with van der Waals surface area (Å²) in [5.41, 5.74) is 0. The number of carbonyl (C=O) groups is 2. The van der Waals surface area contributed by atoms with E-state index in [1.807, 2.05) is 0 Å². The summed E-state index contributed by atoms with van der Waals surface area (Å²) in [5.74, 6) is -0.0272.